The third-order valence-electron chi connectivity index (χ3n) is 1.20. The van der Waals surface area contributed by atoms with E-state index in [0.717, 1.165) is 0 Å². The van der Waals surface area contributed by atoms with Crippen molar-refractivity contribution in [1.82, 2.24) is 0 Å². The fraction of sp³-hybridized carbons (Fsp3) is 0. The Bertz CT molecular complexity index is 281. The molecule has 44 valence electrons. The van der Waals surface area contributed by atoms with Crippen molar-refractivity contribution in [1.29, 1.82) is 0 Å². The molecule has 0 fully saturated rings. The minimum atomic E-state index is 0.705. The summed E-state index contributed by atoms with van der Waals surface area (Å²) in [5.41, 5.74) is 0. The van der Waals surface area contributed by atoms with Crippen molar-refractivity contribution in [3.05, 3.63) is 28.1 Å². The van der Waals surface area contributed by atoms with Crippen LogP contribution in [0.25, 0.3) is 8.52 Å². The quantitative estimate of drug-likeness (QED) is 0.614. The van der Waals surface area contributed by atoms with Gasteiger partial charge in [-0.3, -0.25) is 0 Å². The van der Waals surface area contributed by atoms with Gasteiger partial charge >= 0.3 is 65.6 Å². The first-order valence-corrected chi connectivity index (χ1v) is 6.40. The van der Waals surface area contributed by atoms with Gasteiger partial charge in [0.05, 0.1) is 0 Å². The van der Waals surface area contributed by atoms with E-state index in [1.54, 1.807) is 8.52 Å². The number of benzene rings is 1. The minimum absolute atomic E-state index is 0.705. The van der Waals surface area contributed by atoms with Gasteiger partial charge in [-0.05, 0) is 0 Å². The van der Waals surface area contributed by atoms with Crippen molar-refractivity contribution >= 4 is 37.5 Å². The van der Waals surface area contributed by atoms with Crippen LogP contribution in [0, 0.1) is 0 Å². The van der Waals surface area contributed by atoms with E-state index in [1.807, 2.05) is 0 Å². The molecule has 1 aromatic carbocycles. The third-order valence-corrected chi connectivity index (χ3v) is 6.92. The van der Waals surface area contributed by atoms with Crippen LogP contribution in [0.15, 0.2) is 28.1 Å². The van der Waals surface area contributed by atoms with Gasteiger partial charge in [-0.2, -0.15) is 0 Å². The molecule has 0 bridgehead atoms. The van der Waals surface area contributed by atoms with E-state index >= 15 is 0 Å². The number of rotatable bonds is 0. The molecule has 2 rings (SSSR count). The molecule has 1 aromatic heterocycles. The molecule has 0 nitrogen and oxygen atoms in total. The number of hydrogen-bond donors (Lipinski definition) is 0. The van der Waals surface area contributed by atoms with Crippen molar-refractivity contribution in [3.63, 3.8) is 0 Å². The summed E-state index contributed by atoms with van der Waals surface area (Å²) in [4.78, 5) is 0. The predicted octanol–water partition coefficient (Wildman–Crippen LogP) is 1.23. The zero-order chi connectivity index (χ0) is 6.10. The van der Waals surface area contributed by atoms with Crippen molar-refractivity contribution in [2.45, 2.75) is 0 Å². The van der Waals surface area contributed by atoms with E-state index in [0.29, 0.717) is 29.0 Å². The van der Waals surface area contributed by atoms with E-state index in [2.05, 4.69) is 28.1 Å². The van der Waals surface area contributed by atoms with E-state index in [1.165, 1.54) is 0 Å². The van der Waals surface area contributed by atoms with E-state index in [9.17, 15) is 0 Å². The van der Waals surface area contributed by atoms with Crippen LogP contribution in [0.4, 0.5) is 0 Å². The van der Waals surface area contributed by atoms with Crippen LogP contribution in [0.5, 0.6) is 0 Å². The van der Waals surface area contributed by atoms with Crippen LogP contribution >= 0.6 is 0 Å². The molecule has 0 N–H and O–H groups in total. The molecular formula is C7H5Se2+. The third kappa shape index (κ3) is 1.04. The first-order valence-electron chi connectivity index (χ1n) is 2.71. The topological polar surface area (TPSA) is 0 Å². The number of fused-ring (bicyclic) bond motifs is 1. The first-order chi connectivity index (χ1) is 4.47. The average molecular weight is 247 g/mol. The SMILES string of the molecule is c1ccc2[se+]c[se]c2c1. The zero-order valence-electron chi connectivity index (χ0n) is 4.70. The zero-order valence-corrected chi connectivity index (χ0v) is 8.13. The van der Waals surface area contributed by atoms with Crippen LogP contribution in [-0.4, -0.2) is 29.0 Å². The molecule has 0 amide bonds. The van der Waals surface area contributed by atoms with Crippen molar-refractivity contribution in [3.8, 4) is 0 Å². The Labute approximate surface area is 65.6 Å². The molecular weight excluding hydrogens is 242 g/mol. The molecule has 0 radical (unpaired) electrons. The van der Waals surface area contributed by atoms with Gasteiger partial charge in [0.15, 0.2) is 0 Å². The Morgan fingerprint density at radius 3 is 3.00 bits per heavy atom. The summed E-state index contributed by atoms with van der Waals surface area (Å²) in [6.07, 6.45) is 0. The summed E-state index contributed by atoms with van der Waals surface area (Å²) in [5, 5.41) is 0. The van der Waals surface area contributed by atoms with Crippen molar-refractivity contribution in [2.24, 2.45) is 0 Å². The molecule has 9 heavy (non-hydrogen) atoms. The predicted molar refractivity (Wildman–Crippen MR) is 42.2 cm³/mol. The molecule has 0 aliphatic heterocycles. The van der Waals surface area contributed by atoms with Gasteiger partial charge in [-0.25, -0.2) is 0 Å². The Balaban J connectivity index is 2.95. The Morgan fingerprint density at radius 2 is 2.11 bits per heavy atom. The summed E-state index contributed by atoms with van der Waals surface area (Å²) in [6, 6.07) is 8.77. The Morgan fingerprint density at radius 1 is 1.22 bits per heavy atom. The van der Waals surface area contributed by atoms with Crippen molar-refractivity contribution in [2.75, 3.05) is 0 Å². The monoisotopic (exact) mass is 249 g/mol. The van der Waals surface area contributed by atoms with Gasteiger partial charge in [0.2, 0.25) is 0 Å². The van der Waals surface area contributed by atoms with Gasteiger partial charge in [0, 0.05) is 0 Å². The molecule has 0 saturated heterocycles. The van der Waals surface area contributed by atoms with E-state index < -0.39 is 0 Å². The van der Waals surface area contributed by atoms with Gasteiger partial charge < -0.3 is 0 Å². The van der Waals surface area contributed by atoms with Gasteiger partial charge in [-0.15, -0.1) is 0 Å². The summed E-state index contributed by atoms with van der Waals surface area (Å²) >= 11 is 1.41. The molecule has 2 aromatic rings. The van der Waals surface area contributed by atoms with Crippen molar-refractivity contribution < 1.29 is 0 Å². The average Bonchev–Trinajstić information content (AvgIpc) is 2.33. The second kappa shape index (κ2) is 2.40. The van der Waals surface area contributed by atoms with Crippen LogP contribution in [0.2, 0.25) is 0 Å². The molecule has 1 heterocycles. The molecule has 0 unspecified atom stereocenters. The summed E-state index contributed by atoms with van der Waals surface area (Å²) in [7, 11) is 0. The Kier molecular flexibility index (Phi) is 1.57. The second-order valence-electron chi connectivity index (χ2n) is 1.78. The van der Waals surface area contributed by atoms with Gasteiger partial charge in [0.1, 0.15) is 0 Å². The fourth-order valence-electron chi connectivity index (χ4n) is 0.773. The van der Waals surface area contributed by atoms with Crippen LogP contribution in [-0.2, 0) is 0 Å². The van der Waals surface area contributed by atoms with Crippen LogP contribution in [0.3, 0.4) is 0 Å². The van der Waals surface area contributed by atoms with Gasteiger partial charge in [-0.1, -0.05) is 0 Å². The maximum absolute atomic E-state index is 2.45. The summed E-state index contributed by atoms with van der Waals surface area (Å²) < 4.78 is 5.65. The molecule has 0 saturated carbocycles. The van der Waals surface area contributed by atoms with Crippen LogP contribution < -0.4 is 0 Å². The Hall–Kier alpha value is 0.129. The maximum atomic E-state index is 2.45. The van der Waals surface area contributed by atoms with E-state index in [-0.39, 0.29) is 0 Å². The standard InChI is InChI=1S/C7H5Se2/c1-2-4-7-6(3-1)8-5-9-7/h1-5H/q+1. The molecule has 0 aliphatic rings. The summed E-state index contributed by atoms with van der Waals surface area (Å²) in [6.45, 7) is 0. The first kappa shape index (κ1) is 5.88. The summed E-state index contributed by atoms with van der Waals surface area (Å²) in [5.74, 6) is 0. The molecule has 0 spiro atoms. The number of hydrogen-bond acceptors (Lipinski definition) is 0. The molecule has 0 atom stereocenters. The van der Waals surface area contributed by atoms with E-state index in [4.69, 9.17) is 0 Å². The molecule has 2 heteroatoms. The normalized spacial score (nSPS) is 10.2. The molecule has 0 aliphatic carbocycles. The fourth-order valence-corrected chi connectivity index (χ4v) is 6.57. The second-order valence-corrected chi connectivity index (χ2v) is 7.12. The van der Waals surface area contributed by atoms with Gasteiger partial charge in [0.25, 0.3) is 0 Å². The van der Waals surface area contributed by atoms with Crippen LogP contribution in [0.1, 0.15) is 0 Å².